The standard InChI is InChI=1S/C26H30N2O7S/c1-33-24-16-21(35-20-10-14-36(31,32)15-11-20)6-7-22(24)25(29)27-12-8-19(9-13-27)28-23-5-3-2-4-18(23)17-34-26(28)30/h2-7,16,19-20H,8-15,17H2,1H3. The Labute approximate surface area is 210 Å². The maximum absolute atomic E-state index is 13.3. The topological polar surface area (TPSA) is 102 Å². The maximum Gasteiger partial charge on any atom is 0.414 e. The van der Waals surface area contributed by atoms with E-state index in [4.69, 9.17) is 14.2 Å². The molecule has 2 saturated heterocycles. The lowest BCUT2D eigenvalue weighted by Gasteiger charge is -2.40. The van der Waals surface area contributed by atoms with Crippen molar-refractivity contribution in [2.24, 2.45) is 0 Å². The number of amides is 2. The Morgan fingerprint density at radius 2 is 1.75 bits per heavy atom. The fraction of sp³-hybridized carbons (Fsp3) is 0.462. The third kappa shape index (κ3) is 5.00. The summed E-state index contributed by atoms with van der Waals surface area (Å²) in [5.74, 6) is 1.08. The first-order valence-electron chi connectivity index (χ1n) is 12.2. The molecule has 0 atom stereocenters. The largest absolute Gasteiger partial charge is 0.496 e. The highest BCUT2D eigenvalue weighted by molar-refractivity contribution is 7.91. The molecule has 0 saturated carbocycles. The number of benzene rings is 2. The number of nitrogens with zero attached hydrogens (tertiary/aromatic N) is 2. The second kappa shape index (κ2) is 10.0. The Morgan fingerprint density at radius 3 is 2.47 bits per heavy atom. The predicted molar refractivity (Wildman–Crippen MR) is 133 cm³/mol. The smallest absolute Gasteiger partial charge is 0.414 e. The number of fused-ring (bicyclic) bond motifs is 1. The van der Waals surface area contributed by atoms with Crippen LogP contribution in [0.3, 0.4) is 0 Å². The zero-order valence-electron chi connectivity index (χ0n) is 20.2. The highest BCUT2D eigenvalue weighted by Crippen LogP contribution is 2.33. The number of piperidine rings is 1. The van der Waals surface area contributed by atoms with Crippen LogP contribution in [0.5, 0.6) is 11.5 Å². The first-order chi connectivity index (χ1) is 17.3. The summed E-state index contributed by atoms with van der Waals surface area (Å²) < 4.78 is 40.2. The van der Waals surface area contributed by atoms with Crippen LogP contribution in [0.1, 0.15) is 41.6 Å². The van der Waals surface area contributed by atoms with Crippen LogP contribution in [-0.4, -0.2) is 69.2 Å². The SMILES string of the molecule is COc1cc(OC2CCS(=O)(=O)CC2)ccc1C(=O)N1CCC(N2C(=O)OCc3ccccc32)CC1. The van der Waals surface area contributed by atoms with Crippen molar-refractivity contribution in [2.45, 2.75) is 44.4 Å². The molecule has 0 N–H and O–H groups in total. The van der Waals surface area contributed by atoms with Gasteiger partial charge in [-0.15, -0.1) is 0 Å². The quantitative estimate of drug-likeness (QED) is 0.603. The number of hydrogen-bond donors (Lipinski definition) is 0. The minimum atomic E-state index is -2.96. The lowest BCUT2D eigenvalue weighted by Crippen LogP contribution is -2.50. The van der Waals surface area contributed by atoms with Gasteiger partial charge in [0.25, 0.3) is 5.91 Å². The molecular weight excluding hydrogens is 484 g/mol. The van der Waals surface area contributed by atoms with Gasteiger partial charge in [0.15, 0.2) is 9.84 Å². The van der Waals surface area contributed by atoms with Gasteiger partial charge in [0.05, 0.1) is 29.9 Å². The number of cyclic esters (lactones) is 1. The van der Waals surface area contributed by atoms with E-state index in [0.717, 1.165) is 11.3 Å². The van der Waals surface area contributed by atoms with E-state index in [9.17, 15) is 18.0 Å². The van der Waals surface area contributed by atoms with Crippen LogP contribution in [0.4, 0.5) is 10.5 Å². The van der Waals surface area contributed by atoms with Crippen molar-refractivity contribution < 1.29 is 32.2 Å². The van der Waals surface area contributed by atoms with Gasteiger partial charge in [0.1, 0.15) is 24.2 Å². The highest BCUT2D eigenvalue weighted by atomic mass is 32.2. The van der Waals surface area contributed by atoms with Crippen LogP contribution >= 0.6 is 0 Å². The summed E-state index contributed by atoms with van der Waals surface area (Å²) in [6.07, 6.45) is 1.67. The molecule has 0 bridgehead atoms. The van der Waals surface area contributed by atoms with Crippen LogP contribution in [-0.2, 0) is 21.2 Å². The third-order valence-corrected chi connectivity index (χ3v) is 8.84. The molecule has 0 aliphatic carbocycles. The van der Waals surface area contributed by atoms with Crippen LogP contribution in [0.2, 0.25) is 0 Å². The molecule has 2 aromatic rings. The Morgan fingerprint density at radius 1 is 1.03 bits per heavy atom. The number of carbonyl (C=O) groups is 2. The highest BCUT2D eigenvalue weighted by Gasteiger charge is 2.35. The van der Waals surface area contributed by atoms with Crippen molar-refractivity contribution in [1.29, 1.82) is 0 Å². The minimum Gasteiger partial charge on any atom is -0.496 e. The van der Waals surface area contributed by atoms with Gasteiger partial charge in [0, 0.05) is 30.8 Å². The molecule has 10 heteroatoms. The molecule has 36 heavy (non-hydrogen) atoms. The summed E-state index contributed by atoms with van der Waals surface area (Å²) in [6, 6.07) is 12.8. The Kier molecular flexibility index (Phi) is 6.79. The van der Waals surface area contributed by atoms with Crippen molar-refractivity contribution in [2.75, 3.05) is 36.6 Å². The normalized spacial score (nSPS) is 20.4. The summed E-state index contributed by atoms with van der Waals surface area (Å²) >= 11 is 0. The van der Waals surface area contributed by atoms with E-state index in [0.29, 0.717) is 55.8 Å². The summed E-state index contributed by atoms with van der Waals surface area (Å²) in [6.45, 7) is 1.29. The van der Waals surface area contributed by atoms with Crippen LogP contribution in [0, 0.1) is 0 Å². The fourth-order valence-corrected chi connectivity index (χ4v) is 6.57. The van der Waals surface area contributed by atoms with E-state index >= 15 is 0 Å². The Hall–Kier alpha value is -3.27. The molecule has 0 spiro atoms. The number of likely N-dealkylation sites (tertiary alicyclic amines) is 1. The maximum atomic E-state index is 13.3. The van der Waals surface area contributed by atoms with E-state index in [1.807, 2.05) is 24.3 Å². The van der Waals surface area contributed by atoms with Gasteiger partial charge in [-0.05, 0) is 43.9 Å². The summed E-state index contributed by atoms with van der Waals surface area (Å²) in [4.78, 5) is 29.4. The second-order valence-electron chi connectivity index (χ2n) is 9.41. The Balaban J connectivity index is 1.23. The minimum absolute atomic E-state index is 0.0417. The van der Waals surface area contributed by atoms with Crippen molar-refractivity contribution in [1.82, 2.24) is 4.90 Å². The first kappa shape index (κ1) is 24.4. The molecule has 2 aromatic carbocycles. The molecule has 0 aromatic heterocycles. The predicted octanol–water partition coefficient (Wildman–Crippen LogP) is 3.41. The van der Waals surface area contributed by atoms with Gasteiger partial charge in [-0.3, -0.25) is 9.69 Å². The Bertz CT molecular complexity index is 1240. The van der Waals surface area contributed by atoms with Gasteiger partial charge in [0.2, 0.25) is 0 Å². The molecule has 0 unspecified atom stereocenters. The van der Waals surface area contributed by atoms with Crippen molar-refractivity contribution in [3.8, 4) is 11.5 Å². The van der Waals surface area contributed by atoms with Crippen molar-refractivity contribution in [3.63, 3.8) is 0 Å². The molecule has 3 heterocycles. The summed E-state index contributed by atoms with van der Waals surface area (Å²) in [5.41, 5.74) is 2.31. The zero-order valence-corrected chi connectivity index (χ0v) is 21.0. The van der Waals surface area contributed by atoms with Crippen LogP contribution in [0.25, 0.3) is 0 Å². The molecule has 2 amide bonds. The van der Waals surface area contributed by atoms with Crippen LogP contribution in [0.15, 0.2) is 42.5 Å². The number of rotatable bonds is 5. The monoisotopic (exact) mass is 514 g/mol. The number of para-hydroxylation sites is 1. The van der Waals surface area contributed by atoms with E-state index in [2.05, 4.69) is 0 Å². The zero-order chi connectivity index (χ0) is 25.3. The van der Waals surface area contributed by atoms with Gasteiger partial charge in [-0.1, -0.05) is 18.2 Å². The number of methoxy groups -OCH3 is 1. The molecule has 9 nitrogen and oxygen atoms in total. The second-order valence-corrected chi connectivity index (χ2v) is 11.7. The molecule has 3 aliphatic rings. The fourth-order valence-electron chi connectivity index (χ4n) is 5.12. The lowest BCUT2D eigenvalue weighted by atomic mass is 10.00. The van der Waals surface area contributed by atoms with Gasteiger partial charge >= 0.3 is 6.09 Å². The molecule has 2 fully saturated rings. The number of sulfone groups is 1. The molecule has 192 valence electrons. The summed E-state index contributed by atoms with van der Waals surface area (Å²) in [7, 11) is -1.46. The molecule has 3 aliphatic heterocycles. The van der Waals surface area contributed by atoms with E-state index in [1.165, 1.54) is 7.11 Å². The van der Waals surface area contributed by atoms with E-state index in [-0.39, 0.29) is 42.3 Å². The van der Waals surface area contributed by atoms with E-state index in [1.54, 1.807) is 28.0 Å². The molecule has 0 radical (unpaired) electrons. The van der Waals surface area contributed by atoms with Gasteiger partial charge in [-0.2, -0.15) is 0 Å². The van der Waals surface area contributed by atoms with Crippen LogP contribution < -0.4 is 14.4 Å². The van der Waals surface area contributed by atoms with Gasteiger partial charge in [-0.25, -0.2) is 13.2 Å². The van der Waals surface area contributed by atoms with Crippen molar-refractivity contribution >= 4 is 27.5 Å². The average Bonchev–Trinajstić information content (AvgIpc) is 2.89. The third-order valence-electron chi connectivity index (χ3n) is 7.12. The number of ether oxygens (including phenoxy) is 3. The molecular formula is C26H30N2O7S. The number of anilines is 1. The number of hydrogen-bond acceptors (Lipinski definition) is 7. The van der Waals surface area contributed by atoms with Gasteiger partial charge < -0.3 is 19.1 Å². The lowest BCUT2D eigenvalue weighted by molar-refractivity contribution is 0.0705. The summed E-state index contributed by atoms with van der Waals surface area (Å²) in [5, 5.41) is 0. The average molecular weight is 515 g/mol. The molecule has 5 rings (SSSR count). The van der Waals surface area contributed by atoms with E-state index < -0.39 is 9.84 Å². The van der Waals surface area contributed by atoms with Crippen molar-refractivity contribution in [3.05, 3.63) is 53.6 Å². The first-order valence-corrected chi connectivity index (χ1v) is 14.0. The number of carbonyl (C=O) groups excluding carboxylic acids is 2.